The quantitative estimate of drug-likeness (QED) is 0.763. The monoisotopic (exact) mass is 395 g/mol. The Balaban J connectivity index is 2.14. The van der Waals surface area contributed by atoms with Gasteiger partial charge in [-0.3, -0.25) is 10.1 Å². The second-order valence-corrected chi connectivity index (χ2v) is 8.37. The Morgan fingerprint density at radius 1 is 1.25 bits per heavy atom. The second-order valence-electron chi connectivity index (χ2n) is 6.00. The average molecular weight is 397 g/mol. The summed E-state index contributed by atoms with van der Waals surface area (Å²) < 4.78 is 9.18. The minimum atomic E-state index is -1.63. The zero-order valence-corrected chi connectivity index (χ0v) is 16.1. The Morgan fingerprint density at radius 2 is 1.79 bits per heavy atom. The summed E-state index contributed by atoms with van der Waals surface area (Å²) in [5.74, 6) is 0.374. The number of benzene rings is 1. The smallest absolute Gasteiger partial charge is 0.262 e. The Bertz CT molecular complexity index is 553. The van der Waals surface area contributed by atoms with Crippen LogP contribution in [0.25, 0.3) is 0 Å². The number of ether oxygens (including phenoxy) is 2. The van der Waals surface area contributed by atoms with E-state index in [0.717, 1.165) is 4.90 Å². The van der Waals surface area contributed by atoms with E-state index in [1.165, 1.54) is 0 Å². The molecule has 1 unspecified atom stereocenters. The number of methoxy groups -OCH3 is 1. The van der Waals surface area contributed by atoms with Gasteiger partial charge < -0.3 is 14.4 Å². The SMILES string of the molecule is COc1ccc(C(=O)N[C@@H]([NH+]2C[C@@H](C)O[C@@H](C)C2)C(Cl)(Cl)Cl)cc1. The van der Waals surface area contributed by atoms with Crippen molar-refractivity contribution in [3.8, 4) is 5.75 Å². The standard InChI is InChI=1S/C16H21Cl3N2O3/c1-10-8-21(9-11(2)24-10)15(16(17,18)19)20-14(22)12-4-6-13(23-3)7-5-12/h4-7,10-11,15H,8-9H2,1-3H3,(H,20,22)/p+1/t10-,11+,15-/m0/s1. The molecule has 1 aliphatic rings. The summed E-state index contributed by atoms with van der Waals surface area (Å²) in [5.41, 5.74) is 0.476. The lowest BCUT2D eigenvalue weighted by Crippen LogP contribution is -3.22. The molecule has 4 atom stereocenters. The van der Waals surface area contributed by atoms with Crippen molar-refractivity contribution >= 4 is 40.7 Å². The maximum atomic E-state index is 12.5. The van der Waals surface area contributed by atoms with Crippen molar-refractivity contribution in [2.24, 2.45) is 0 Å². The van der Waals surface area contributed by atoms with E-state index in [2.05, 4.69) is 5.32 Å². The second kappa shape index (κ2) is 8.11. The predicted octanol–water partition coefficient (Wildman–Crippen LogP) is 1.81. The number of amides is 1. The minimum Gasteiger partial charge on any atom is -0.497 e. The van der Waals surface area contributed by atoms with Crippen molar-refractivity contribution in [2.45, 2.75) is 36.0 Å². The molecule has 1 amide bonds. The summed E-state index contributed by atoms with van der Waals surface area (Å²) in [7, 11) is 1.57. The number of rotatable bonds is 4. The van der Waals surface area contributed by atoms with Gasteiger partial charge in [-0.2, -0.15) is 0 Å². The summed E-state index contributed by atoms with van der Waals surface area (Å²) in [4.78, 5) is 13.5. The molecule has 2 N–H and O–H groups in total. The first-order chi connectivity index (χ1) is 11.2. The zero-order chi connectivity index (χ0) is 17.9. The summed E-state index contributed by atoms with van der Waals surface area (Å²) in [6, 6.07) is 6.77. The van der Waals surface area contributed by atoms with E-state index < -0.39 is 9.96 Å². The van der Waals surface area contributed by atoms with E-state index in [1.807, 2.05) is 13.8 Å². The van der Waals surface area contributed by atoms with Gasteiger partial charge in [-0.05, 0) is 38.1 Å². The molecule has 1 heterocycles. The molecule has 2 rings (SSSR count). The van der Waals surface area contributed by atoms with Gasteiger partial charge in [-0.25, -0.2) is 0 Å². The molecular weight excluding hydrogens is 375 g/mol. The molecule has 0 saturated carbocycles. The minimum absolute atomic E-state index is 0.0245. The number of hydrogen-bond acceptors (Lipinski definition) is 3. The molecule has 8 heteroatoms. The maximum absolute atomic E-state index is 12.5. The number of alkyl halides is 3. The van der Waals surface area contributed by atoms with Crippen LogP contribution in [0, 0.1) is 0 Å². The largest absolute Gasteiger partial charge is 0.497 e. The Kier molecular flexibility index (Phi) is 6.62. The van der Waals surface area contributed by atoms with E-state index in [0.29, 0.717) is 24.4 Å². The fraction of sp³-hybridized carbons (Fsp3) is 0.562. The van der Waals surface area contributed by atoms with Crippen LogP contribution in [0.5, 0.6) is 5.75 Å². The van der Waals surface area contributed by atoms with Crippen LogP contribution >= 0.6 is 34.8 Å². The first-order valence-corrected chi connectivity index (χ1v) is 8.85. The lowest BCUT2D eigenvalue weighted by Gasteiger charge is -2.39. The predicted molar refractivity (Wildman–Crippen MR) is 95.2 cm³/mol. The topological polar surface area (TPSA) is 52.0 Å². The van der Waals surface area contributed by atoms with Gasteiger partial charge in [0.25, 0.3) is 9.70 Å². The fourth-order valence-electron chi connectivity index (χ4n) is 2.92. The van der Waals surface area contributed by atoms with E-state index in [4.69, 9.17) is 44.3 Å². The first-order valence-electron chi connectivity index (χ1n) is 7.72. The molecule has 0 radical (unpaired) electrons. The normalized spacial score (nSPS) is 25.8. The van der Waals surface area contributed by atoms with E-state index >= 15 is 0 Å². The molecule has 0 bridgehead atoms. The molecule has 134 valence electrons. The highest BCUT2D eigenvalue weighted by atomic mass is 35.6. The molecule has 1 fully saturated rings. The summed E-state index contributed by atoms with van der Waals surface area (Å²) in [6.07, 6.45) is -0.626. The summed E-state index contributed by atoms with van der Waals surface area (Å²) in [5, 5.41) is 2.85. The van der Waals surface area contributed by atoms with Crippen LogP contribution in [-0.4, -0.2) is 48.3 Å². The third-order valence-electron chi connectivity index (χ3n) is 3.93. The summed E-state index contributed by atoms with van der Waals surface area (Å²) in [6.45, 7) is 5.23. The zero-order valence-electron chi connectivity index (χ0n) is 13.8. The number of carbonyl (C=O) groups is 1. The highest BCUT2D eigenvalue weighted by molar-refractivity contribution is 6.68. The number of hydrogen-bond donors (Lipinski definition) is 2. The molecule has 1 saturated heterocycles. The van der Waals surface area contributed by atoms with Crippen LogP contribution in [0.3, 0.4) is 0 Å². The number of halogens is 3. The van der Waals surface area contributed by atoms with Crippen LogP contribution in [0.4, 0.5) is 0 Å². The molecule has 0 aliphatic carbocycles. The highest BCUT2D eigenvalue weighted by Crippen LogP contribution is 2.28. The molecular formula is C16H22Cl3N2O3+. The van der Waals surface area contributed by atoms with E-state index in [1.54, 1.807) is 31.4 Å². The van der Waals surface area contributed by atoms with Gasteiger partial charge in [0, 0.05) is 5.56 Å². The van der Waals surface area contributed by atoms with Gasteiger partial charge in [-0.15, -0.1) is 0 Å². The van der Waals surface area contributed by atoms with Crippen molar-refractivity contribution in [3.05, 3.63) is 29.8 Å². The molecule has 1 aliphatic heterocycles. The number of morpholine rings is 1. The van der Waals surface area contributed by atoms with Crippen molar-refractivity contribution in [1.82, 2.24) is 5.32 Å². The van der Waals surface area contributed by atoms with E-state index in [9.17, 15) is 4.79 Å². The highest BCUT2D eigenvalue weighted by Gasteiger charge is 2.44. The van der Waals surface area contributed by atoms with Gasteiger partial charge >= 0.3 is 0 Å². The van der Waals surface area contributed by atoms with Gasteiger partial charge in [0.2, 0.25) is 6.17 Å². The Morgan fingerprint density at radius 3 is 2.25 bits per heavy atom. The molecule has 0 aromatic heterocycles. The Hall–Kier alpha value is -0.720. The lowest BCUT2D eigenvalue weighted by atomic mass is 10.2. The van der Waals surface area contributed by atoms with Crippen LogP contribution in [-0.2, 0) is 4.74 Å². The molecule has 24 heavy (non-hydrogen) atoms. The average Bonchev–Trinajstić information content (AvgIpc) is 2.50. The number of nitrogens with one attached hydrogen (secondary N) is 2. The fourth-order valence-corrected chi connectivity index (χ4v) is 3.55. The van der Waals surface area contributed by atoms with Gasteiger partial charge in [-0.1, -0.05) is 34.8 Å². The van der Waals surface area contributed by atoms with Gasteiger partial charge in [0.15, 0.2) is 0 Å². The third kappa shape index (κ3) is 5.14. The molecule has 1 aromatic carbocycles. The van der Waals surface area contributed by atoms with Crippen molar-refractivity contribution < 1.29 is 19.2 Å². The van der Waals surface area contributed by atoms with Crippen LogP contribution in [0.15, 0.2) is 24.3 Å². The van der Waals surface area contributed by atoms with Crippen molar-refractivity contribution in [3.63, 3.8) is 0 Å². The van der Waals surface area contributed by atoms with Crippen molar-refractivity contribution in [2.75, 3.05) is 20.2 Å². The third-order valence-corrected chi connectivity index (χ3v) is 4.58. The lowest BCUT2D eigenvalue weighted by molar-refractivity contribution is -0.941. The van der Waals surface area contributed by atoms with Crippen LogP contribution in [0.2, 0.25) is 0 Å². The van der Waals surface area contributed by atoms with Crippen LogP contribution in [0.1, 0.15) is 24.2 Å². The van der Waals surface area contributed by atoms with E-state index in [-0.39, 0.29) is 18.1 Å². The Labute approximate surface area is 157 Å². The number of quaternary nitrogens is 1. The molecule has 5 nitrogen and oxygen atoms in total. The van der Waals surface area contributed by atoms with Crippen LogP contribution < -0.4 is 15.0 Å². The van der Waals surface area contributed by atoms with Crippen molar-refractivity contribution in [1.29, 1.82) is 0 Å². The van der Waals surface area contributed by atoms with Gasteiger partial charge in [0.05, 0.1) is 7.11 Å². The molecule has 1 aromatic rings. The molecule has 0 spiro atoms. The summed E-state index contributed by atoms with van der Waals surface area (Å²) >= 11 is 18.4. The number of carbonyl (C=O) groups excluding carboxylic acids is 1. The first kappa shape index (κ1) is 19.6. The van der Waals surface area contributed by atoms with Gasteiger partial charge in [0.1, 0.15) is 31.0 Å². The maximum Gasteiger partial charge on any atom is 0.262 e.